The number of nitrogens with zero attached hydrogens (tertiary/aromatic N) is 1. The Hall–Kier alpha value is -2.83. The molecule has 1 aliphatic heterocycles. The lowest BCUT2D eigenvalue weighted by Gasteiger charge is -2.31. The summed E-state index contributed by atoms with van der Waals surface area (Å²) < 4.78 is 41.0. The van der Waals surface area contributed by atoms with E-state index in [4.69, 9.17) is 0 Å². The third-order valence-corrected chi connectivity index (χ3v) is 4.47. The zero-order chi connectivity index (χ0) is 18.7. The van der Waals surface area contributed by atoms with Crippen LogP contribution in [-0.4, -0.2) is 29.8 Å². The van der Waals surface area contributed by atoms with Gasteiger partial charge in [-0.25, -0.2) is 13.2 Å². The van der Waals surface area contributed by atoms with Gasteiger partial charge in [0.25, 0.3) is 5.91 Å². The molecule has 1 fully saturated rings. The summed E-state index contributed by atoms with van der Waals surface area (Å²) in [5, 5.41) is 2.28. The number of halogens is 3. The van der Waals surface area contributed by atoms with E-state index in [1.165, 1.54) is 29.2 Å². The van der Waals surface area contributed by atoms with E-state index >= 15 is 0 Å². The van der Waals surface area contributed by atoms with Crippen molar-refractivity contribution in [1.82, 2.24) is 4.90 Å². The number of para-hydroxylation sites is 1. The molecular formula is C19H17F3N2O2. The zero-order valence-corrected chi connectivity index (χ0v) is 13.8. The first-order chi connectivity index (χ1) is 12.5. The van der Waals surface area contributed by atoms with Crippen molar-refractivity contribution in [2.24, 2.45) is 5.92 Å². The average Bonchev–Trinajstić information content (AvgIpc) is 2.65. The minimum atomic E-state index is -0.842. The van der Waals surface area contributed by atoms with Crippen LogP contribution in [-0.2, 0) is 4.79 Å². The number of benzene rings is 2. The van der Waals surface area contributed by atoms with Crippen molar-refractivity contribution in [3.05, 3.63) is 65.5 Å². The van der Waals surface area contributed by atoms with Crippen LogP contribution in [0.3, 0.4) is 0 Å². The lowest BCUT2D eigenvalue weighted by atomic mass is 9.95. The Balaban J connectivity index is 1.61. The number of piperidine rings is 1. The number of carbonyl (C=O) groups excluding carboxylic acids is 2. The maximum Gasteiger partial charge on any atom is 0.256 e. The standard InChI is InChI=1S/C19H17F3N2O2/c20-14-5-2-1-4-13(14)19(26)24-10-8-12(9-11-24)18(25)23-17-15(21)6-3-7-16(17)22/h1-7,12H,8-11H2,(H,23,25). The van der Waals surface area contributed by atoms with E-state index in [0.29, 0.717) is 12.8 Å². The van der Waals surface area contributed by atoms with Gasteiger partial charge < -0.3 is 10.2 Å². The molecular weight excluding hydrogens is 345 g/mol. The molecule has 0 bridgehead atoms. The fourth-order valence-electron chi connectivity index (χ4n) is 2.99. The lowest BCUT2D eigenvalue weighted by Crippen LogP contribution is -2.41. The van der Waals surface area contributed by atoms with Crippen molar-refractivity contribution in [2.45, 2.75) is 12.8 Å². The van der Waals surface area contributed by atoms with Crippen LogP contribution in [0.2, 0.25) is 0 Å². The van der Waals surface area contributed by atoms with Gasteiger partial charge in [0.05, 0.1) is 5.56 Å². The number of amides is 2. The number of hydrogen-bond donors (Lipinski definition) is 1. The summed E-state index contributed by atoms with van der Waals surface area (Å²) in [6.07, 6.45) is 0.671. The molecule has 1 saturated heterocycles. The molecule has 7 heteroatoms. The molecule has 4 nitrogen and oxygen atoms in total. The van der Waals surface area contributed by atoms with Gasteiger partial charge in [-0.05, 0) is 37.1 Å². The molecule has 0 radical (unpaired) electrons. The van der Waals surface area contributed by atoms with Crippen molar-refractivity contribution < 1.29 is 22.8 Å². The van der Waals surface area contributed by atoms with E-state index in [1.807, 2.05) is 0 Å². The monoisotopic (exact) mass is 362 g/mol. The average molecular weight is 362 g/mol. The number of likely N-dealkylation sites (tertiary alicyclic amines) is 1. The van der Waals surface area contributed by atoms with Gasteiger partial charge in [0.1, 0.15) is 23.1 Å². The Bertz CT molecular complexity index is 813. The molecule has 2 amide bonds. The fraction of sp³-hybridized carbons (Fsp3) is 0.263. The first kappa shape index (κ1) is 18.0. The van der Waals surface area contributed by atoms with Gasteiger partial charge in [-0.15, -0.1) is 0 Å². The highest BCUT2D eigenvalue weighted by molar-refractivity contribution is 5.95. The summed E-state index contributed by atoms with van der Waals surface area (Å²) in [5.41, 5.74) is -0.480. The molecule has 0 saturated carbocycles. The molecule has 0 atom stereocenters. The van der Waals surface area contributed by atoms with Crippen LogP contribution in [0.1, 0.15) is 23.2 Å². The number of hydrogen-bond acceptors (Lipinski definition) is 2. The van der Waals surface area contributed by atoms with Gasteiger partial charge >= 0.3 is 0 Å². The van der Waals surface area contributed by atoms with E-state index < -0.39 is 40.9 Å². The molecule has 0 unspecified atom stereocenters. The van der Waals surface area contributed by atoms with Crippen LogP contribution in [0.5, 0.6) is 0 Å². The molecule has 0 aromatic heterocycles. The van der Waals surface area contributed by atoms with Gasteiger partial charge in [-0.1, -0.05) is 18.2 Å². The molecule has 1 heterocycles. The second-order valence-corrected chi connectivity index (χ2v) is 6.13. The molecule has 26 heavy (non-hydrogen) atoms. The largest absolute Gasteiger partial charge is 0.339 e. The highest BCUT2D eigenvalue weighted by atomic mass is 19.1. The first-order valence-corrected chi connectivity index (χ1v) is 8.26. The van der Waals surface area contributed by atoms with E-state index in [1.54, 1.807) is 6.07 Å². The molecule has 3 rings (SSSR count). The van der Waals surface area contributed by atoms with Crippen molar-refractivity contribution >= 4 is 17.5 Å². The van der Waals surface area contributed by atoms with Crippen LogP contribution in [0, 0.1) is 23.4 Å². The predicted octanol–water partition coefficient (Wildman–Crippen LogP) is 3.59. The second kappa shape index (κ2) is 7.59. The van der Waals surface area contributed by atoms with Crippen molar-refractivity contribution in [3.63, 3.8) is 0 Å². The molecule has 2 aromatic carbocycles. The Morgan fingerprint density at radius 1 is 0.885 bits per heavy atom. The Labute approximate surface area is 148 Å². The third kappa shape index (κ3) is 3.71. The molecule has 0 spiro atoms. The Morgan fingerprint density at radius 2 is 1.46 bits per heavy atom. The maximum absolute atomic E-state index is 13.7. The molecule has 2 aromatic rings. The minimum Gasteiger partial charge on any atom is -0.339 e. The molecule has 1 aliphatic rings. The topological polar surface area (TPSA) is 49.4 Å². The van der Waals surface area contributed by atoms with Crippen molar-refractivity contribution in [3.8, 4) is 0 Å². The summed E-state index contributed by atoms with van der Waals surface area (Å²) in [7, 11) is 0. The normalized spacial score (nSPS) is 15.0. The van der Waals surface area contributed by atoms with Crippen molar-refractivity contribution in [1.29, 1.82) is 0 Å². The summed E-state index contributed by atoms with van der Waals surface area (Å²) >= 11 is 0. The summed E-state index contributed by atoms with van der Waals surface area (Å²) in [4.78, 5) is 26.1. The van der Waals surface area contributed by atoms with E-state index in [-0.39, 0.29) is 18.7 Å². The number of nitrogens with one attached hydrogen (secondary N) is 1. The van der Waals surface area contributed by atoms with Crippen LogP contribution in [0.15, 0.2) is 42.5 Å². The Kier molecular flexibility index (Phi) is 5.25. The highest BCUT2D eigenvalue weighted by Gasteiger charge is 2.29. The summed E-state index contributed by atoms with van der Waals surface area (Å²) in [6.45, 7) is 0.538. The van der Waals surface area contributed by atoms with Gasteiger partial charge in [0.15, 0.2) is 0 Å². The quantitative estimate of drug-likeness (QED) is 0.907. The van der Waals surface area contributed by atoms with Crippen LogP contribution >= 0.6 is 0 Å². The number of carbonyl (C=O) groups is 2. The lowest BCUT2D eigenvalue weighted by molar-refractivity contribution is -0.121. The van der Waals surface area contributed by atoms with E-state index in [9.17, 15) is 22.8 Å². The van der Waals surface area contributed by atoms with E-state index in [2.05, 4.69) is 5.32 Å². The van der Waals surface area contributed by atoms with Crippen molar-refractivity contribution in [2.75, 3.05) is 18.4 Å². The second-order valence-electron chi connectivity index (χ2n) is 6.13. The predicted molar refractivity (Wildman–Crippen MR) is 90.0 cm³/mol. The van der Waals surface area contributed by atoms with Gasteiger partial charge in [0.2, 0.25) is 5.91 Å². The fourth-order valence-corrected chi connectivity index (χ4v) is 2.99. The zero-order valence-electron chi connectivity index (χ0n) is 13.8. The van der Waals surface area contributed by atoms with Gasteiger partial charge in [0, 0.05) is 19.0 Å². The van der Waals surface area contributed by atoms with E-state index in [0.717, 1.165) is 12.1 Å². The van der Waals surface area contributed by atoms with Crippen LogP contribution < -0.4 is 5.32 Å². The van der Waals surface area contributed by atoms with Crippen LogP contribution in [0.25, 0.3) is 0 Å². The SMILES string of the molecule is O=C(Nc1c(F)cccc1F)C1CCN(C(=O)c2ccccc2F)CC1. The summed E-state index contributed by atoms with van der Waals surface area (Å²) in [6, 6.07) is 9.06. The molecule has 0 aliphatic carbocycles. The Morgan fingerprint density at radius 3 is 2.08 bits per heavy atom. The van der Waals surface area contributed by atoms with Gasteiger partial charge in [-0.3, -0.25) is 9.59 Å². The maximum atomic E-state index is 13.7. The van der Waals surface area contributed by atoms with Gasteiger partial charge in [-0.2, -0.15) is 0 Å². The first-order valence-electron chi connectivity index (χ1n) is 8.26. The molecule has 136 valence electrons. The summed E-state index contributed by atoms with van der Waals surface area (Å²) in [5.74, 6) is -3.67. The minimum absolute atomic E-state index is 0.0103. The number of anilines is 1. The molecule has 1 N–H and O–H groups in total. The van der Waals surface area contributed by atoms with Crippen LogP contribution in [0.4, 0.5) is 18.9 Å². The highest BCUT2D eigenvalue weighted by Crippen LogP contribution is 2.24. The third-order valence-electron chi connectivity index (χ3n) is 4.47. The smallest absolute Gasteiger partial charge is 0.256 e. The number of rotatable bonds is 3.